The van der Waals surface area contributed by atoms with Gasteiger partial charge < -0.3 is 4.74 Å². The fourth-order valence-electron chi connectivity index (χ4n) is 1.53. The van der Waals surface area contributed by atoms with Crippen LogP contribution in [0.5, 0.6) is 0 Å². The van der Waals surface area contributed by atoms with Crippen molar-refractivity contribution in [2.24, 2.45) is 0 Å². The second kappa shape index (κ2) is 5.42. The molecule has 0 radical (unpaired) electrons. The number of carbonyl (C=O) groups excluding carboxylic acids is 1. The molecule has 0 aliphatic carbocycles. The fraction of sp³-hybridized carbons (Fsp3) is 0.0833. The highest BCUT2D eigenvalue weighted by molar-refractivity contribution is 6.32. The van der Waals surface area contributed by atoms with Gasteiger partial charge in [0.1, 0.15) is 5.15 Å². The number of hydrogen-bond donors (Lipinski definition) is 0. The summed E-state index contributed by atoms with van der Waals surface area (Å²) in [6.45, 7) is 0. The second-order valence-corrected chi connectivity index (χ2v) is 4.32. The number of ether oxygens (including phenoxy) is 1. The number of carbonyl (C=O) groups is 1. The third-order valence-electron chi connectivity index (χ3n) is 2.38. The second-order valence-electron chi connectivity index (χ2n) is 3.57. The molecule has 19 heavy (non-hydrogen) atoms. The minimum atomic E-state index is -0.520. The van der Waals surface area contributed by atoms with E-state index in [1.807, 2.05) is 0 Å². The van der Waals surface area contributed by atoms with E-state index in [-0.39, 0.29) is 10.3 Å². The highest BCUT2D eigenvalue weighted by Crippen LogP contribution is 2.13. The van der Waals surface area contributed by atoms with Crippen LogP contribution in [0.4, 0.5) is 0 Å². The highest BCUT2D eigenvalue weighted by Gasteiger charge is 2.10. The van der Waals surface area contributed by atoms with Gasteiger partial charge in [-0.05, 0) is 18.2 Å². The maximum absolute atomic E-state index is 11.9. The quantitative estimate of drug-likeness (QED) is 0.798. The number of nitrogens with zero attached hydrogens (tertiary/aromatic N) is 2. The van der Waals surface area contributed by atoms with E-state index < -0.39 is 11.5 Å². The van der Waals surface area contributed by atoms with Crippen LogP contribution in [0.25, 0.3) is 5.69 Å². The van der Waals surface area contributed by atoms with Gasteiger partial charge in [-0.3, -0.25) is 9.36 Å². The van der Waals surface area contributed by atoms with Gasteiger partial charge in [0.05, 0.1) is 18.9 Å². The van der Waals surface area contributed by atoms with Gasteiger partial charge in [0, 0.05) is 5.69 Å². The Balaban J connectivity index is 2.60. The van der Waals surface area contributed by atoms with E-state index in [2.05, 4.69) is 9.72 Å². The Bertz CT molecular complexity index is 698. The van der Waals surface area contributed by atoms with E-state index in [0.717, 1.165) is 0 Å². The molecule has 0 fully saturated rings. The molecular weight excluding hydrogens is 291 g/mol. The first kappa shape index (κ1) is 13.6. The monoisotopic (exact) mass is 298 g/mol. The normalized spacial score (nSPS) is 10.3. The lowest BCUT2D eigenvalue weighted by atomic mass is 10.2. The summed E-state index contributed by atoms with van der Waals surface area (Å²) in [6, 6.07) is 6.33. The van der Waals surface area contributed by atoms with Crippen LogP contribution in [0.3, 0.4) is 0 Å². The van der Waals surface area contributed by atoms with Crippen LogP contribution in [0, 0.1) is 0 Å². The molecular formula is C12H8Cl2N2O3. The van der Waals surface area contributed by atoms with Gasteiger partial charge in [0.25, 0.3) is 5.56 Å². The number of halogens is 2. The summed E-state index contributed by atoms with van der Waals surface area (Å²) in [5, 5.41) is -0.163. The summed E-state index contributed by atoms with van der Waals surface area (Å²) in [5.41, 5.74) is 0.239. The SMILES string of the molecule is COC(=O)c1cccc(-n2cc(Cl)nc(Cl)c2=O)c1. The Labute approximate surface area is 118 Å². The first-order valence-corrected chi connectivity index (χ1v) is 5.92. The van der Waals surface area contributed by atoms with Crippen LogP contribution in [0.15, 0.2) is 35.3 Å². The van der Waals surface area contributed by atoms with Crippen molar-refractivity contribution in [3.05, 3.63) is 56.7 Å². The first-order valence-electron chi connectivity index (χ1n) is 5.16. The number of esters is 1. The van der Waals surface area contributed by atoms with Gasteiger partial charge >= 0.3 is 5.97 Å². The molecule has 0 saturated carbocycles. The summed E-state index contributed by atoms with van der Waals surface area (Å²) in [5.74, 6) is -0.499. The van der Waals surface area contributed by atoms with Crippen molar-refractivity contribution < 1.29 is 9.53 Å². The molecule has 0 bridgehead atoms. The molecule has 7 heteroatoms. The zero-order valence-electron chi connectivity index (χ0n) is 9.76. The molecule has 0 aliphatic rings. The van der Waals surface area contributed by atoms with Crippen LogP contribution in [0.1, 0.15) is 10.4 Å². The van der Waals surface area contributed by atoms with Gasteiger partial charge in [-0.2, -0.15) is 0 Å². The largest absolute Gasteiger partial charge is 0.465 e. The molecule has 5 nitrogen and oxygen atoms in total. The zero-order chi connectivity index (χ0) is 14.0. The number of benzene rings is 1. The lowest BCUT2D eigenvalue weighted by molar-refractivity contribution is 0.0600. The summed E-state index contributed by atoms with van der Waals surface area (Å²) < 4.78 is 5.83. The van der Waals surface area contributed by atoms with Crippen LogP contribution in [-0.4, -0.2) is 22.6 Å². The molecule has 1 aromatic heterocycles. The summed E-state index contributed by atoms with van der Waals surface area (Å²) >= 11 is 11.4. The molecule has 98 valence electrons. The van der Waals surface area contributed by atoms with E-state index >= 15 is 0 Å². The maximum atomic E-state index is 11.9. The van der Waals surface area contributed by atoms with Gasteiger partial charge in [-0.1, -0.05) is 29.3 Å². The number of hydrogen-bond acceptors (Lipinski definition) is 4. The average Bonchev–Trinajstić information content (AvgIpc) is 2.42. The van der Waals surface area contributed by atoms with Crippen LogP contribution in [0.2, 0.25) is 10.3 Å². The first-order chi connectivity index (χ1) is 9.02. The Morgan fingerprint density at radius 1 is 1.37 bits per heavy atom. The molecule has 0 atom stereocenters. The molecule has 0 unspecified atom stereocenters. The van der Waals surface area contributed by atoms with E-state index in [9.17, 15) is 9.59 Å². The van der Waals surface area contributed by atoms with Crippen molar-refractivity contribution in [1.29, 1.82) is 0 Å². The van der Waals surface area contributed by atoms with E-state index in [1.54, 1.807) is 18.2 Å². The van der Waals surface area contributed by atoms with Crippen molar-refractivity contribution >= 4 is 29.2 Å². The molecule has 0 saturated heterocycles. The maximum Gasteiger partial charge on any atom is 0.337 e. The van der Waals surface area contributed by atoms with E-state index in [4.69, 9.17) is 23.2 Å². The van der Waals surface area contributed by atoms with Crippen molar-refractivity contribution in [3.8, 4) is 5.69 Å². The molecule has 0 spiro atoms. The third kappa shape index (κ3) is 2.77. The van der Waals surface area contributed by atoms with Crippen molar-refractivity contribution in [2.45, 2.75) is 0 Å². The van der Waals surface area contributed by atoms with Gasteiger partial charge in [0.15, 0.2) is 5.15 Å². The van der Waals surface area contributed by atoms with Gasteiger partial charge in [-0.25, -0.2) is 9.78 Å². The molecule has 0 N–H and O–H groups in total. The Hall–Kier alpha value is -1.85. The van der Waals surface area contributed by atoms with Gasteiger partial charge in [0.2, 0.25) is 0 Å². The molecule has 1 heterocycles. The Kier molecular flexibility index (Phi) is 3.87. The lowest BCUT2D eigenvalue weighted by Gasteiger charge is -2.07. The number of aromatic nitrogens is 2. The lowest BCUT2D eigenvalue weighted by Crippen LogP contribution is -2.19. The van der Waals surface area contributed by atoms with Crippen molar-refractivity contribution in [2.75, 3.05) is 7.11 Å². The topological polar surface area (TPSA) is 61.2 Å². The third-order valence-corrected chi connectivity index (χ3v) is 2.81. The predicted molar refractivity (Wildman–Crippen MR) is 71.2 cm³/mol. The average molecular weight is 299 g/mol. The van der Waals surface area contributed by atoms with E-state index in [1.165, 1.54) is 23.9 Å². The van der Waals surface area contributed by atoms with E-state index in [0.29, 0.717) is 11.3 Å². The van der Waals surface area contributed by atoms with Gasteiger partial charge in [-0.15, -0.1) is 0 Å². The predicted octanol–water partition coefficient (Wildman–Crippen LogP) is 2.33. The Morgan fingerprint density at radius 3 is 2.79 bits per heavy atom. The summed E-state index contributed by atoms with van der Waals surface area (Å²) in [7, 11) is 1.28. The minimum Gasteiger partial charge on any atom is -0.465 e. The fourth-order valence-corrected chi connectivity index (χ4v) is 1.93. The molecule has 2 aromatic rings. The molecule has 0 amide bonds. The number of methoxy groups -OCH3 is 1. The summed E-state index contributed by atoms with van der Waals surface area (Å²) in [6.07, 6.45) is 1.33. The van der Waals surface area contributed by atoms with Crippen molar-refractivity contribution in [1.82, 2.24) is 9.55 Å². The Morgan fingerprint density at radius 2 is 2.11 bits per heavy atom. The van der Waals surface area contributed by atoms with Crippen molar-refractivity contribution in [3.63, 3.8) is 0 Å². The molecule has 1 aromatic carbocycles. The zero-order valence-corrected chi connectivity index (χ0v) is 11.3. The van der Waals surface area contributed by atoms with Crippen LogP contribution >= 0.6 is 23.2 Å². The molecule has 0 aliphatic heterocycles. The van der Waals surface area contributed by atoms with Crippen LogP contribution in [-0.2, 0) is 4.74 Å². The highest BCUT2D eigenvalue weighted by atomic mass is 35.5. The minimum absolute atomic E-state index is 0.0769. The number of rotatable bonds is 2. The standard InChI is InChI=1S/C12H8Cl2N2O3/c1-19-12(18)7-3-2-4-8(5-7)16-6-9(13)15-10(14)11(16)17/h2-6H,1H3. The smallest absolute Gasteiger partial charge is 0.337 e. The van der Waals surface area contributed by atoms with Crippen LogP contribution < -0.4 is 5.56 Å². The molecule has 2 rings (SSSR count). The summed E-state index contributed by atoms with van der Waals surface area (Å²) in [4.78, 5) is 26.9.